The highest BCUT2D eigenvalue weighted by molar-refractivity contribution is 6.24. The molecule has 2 N–H and O–H groups in total. The number of imide groups is 2. The van der Waals surface area contributed by atoms with Crippen molar-refractivity contribution in [3.05, 3.63) is 58.7 Å². The second kappa shape index (κ2) is 9.85. The lowest BCUT2D eigenvalue weighted by Gasteiger charge is -2.23. The summed E-state index contributed by atoms with van der Waals surface area (Å²) >= 11 is 0. The molecule has 10 nitrogen and oxygen atoms in total. The first kappa shape index (κ1) is 26.7. The van der Waals surface area contributed by atoms with Gasteiger partial charge < -0.3 is 10.2 Å². The number of amides is 4. The summed E-state index contributed by atoms with van der Waals surface area (Å²) in [6.07, 6.45) is 0.221. The van der Waals surface area contributed by atoms with Crippen LogP contribution in [-0.2, 0) is 9.59 Å². The van der Waals surface area contributed by atoms with Gasteiger partial charge in [0.05, 0.1) is 22.3 Å². The Morgan fingerprint density at radius 2 is 0.921 bits per heavy atom. The molecule has 38 heavy (non-hydrogen) atoms. The van der Waals surface area contributed by atoms with E-state index in [9.17, 15) is 39.0 Å². The standard InChI is InChI=1S/C28H28N2O8/c1-13(2)9-21(27(35)36)29-23(31)17-7-5-15(11-19(17)25(29)33)16-6-8-18-20(12-16)26(34)30(24(18)32)22(28(37)38)10-14(3)4/h5-8,11-14,21-22H,9-10H2,1-4H3,(H,35,36)(H,37,38)/t21-,22-/m0/s1. The number of aliphatic carboxylic acids is 2. The SMILES string of the molecule is CC(C)C[C@@H](C(=O)O)N1C(=O)c2ccc(-c3ccc4c(c3)C(=O)N([C@@H](CC(C)C)C(=O)O)C4=O)cc2C1=O. The van der Waals surface area contributed by atoms with Crippen LogP contribution >= 0.6 is 0 Å². The number of rotatable bonds is 9. The Bertz CT molecular complexity index is 1290. The van der Waals surface area contributed by atoms with E-state index in [1.807, 2.05) is 0 Å². The molecule has 0 spiro atoms. The Hall–Kier alpha value is -4.34. The third-order valence-corrected chi connectivity index (χ3v) is 6.75. The molecule has 0 aliphatic carbocycles. The van der Waals surface area contributed by atoms with E-state index in [1.54, 1.807) is 39.8 Å². The Morgan fingerprint density at radius 3 is 1.21 bits per heavy atom. The Balaban J connectivity index is 1.69. The van der Waals surface area contributed by atoms with Crippen molar-refractivity contribution in [3.63, 3.8) is 0 Å². The minimum atomic E-state index is -1.30. The lowest BCUT2D eigenvalue weighted by molar-refractivity contribution is -0.142. The third-order valence-electron chi connectivity index (χ3n) is 6.75. The minimum Gasteiger partial charge on any atom is -0.480 e. The molecule has 2 aliphatic heterocycles. The average molecular weight is 521 g/mol. The number of hydrogen-bond acceptors (Lipinski definition) is 6. The van der Waals surface area contributed by atoms with Crippen molar-refractivity contribution in [1.82, 2.24) is 9.80 Å². The molecule has 2 aliphatic rings. The molecule has 2 heterocycles. The van der Waals surface area contributed by atoms with E-state index in [0.29, 0.717) is 11.1 Å². The molecule has 10 heteroatoms. The van der Waals surface area contributed by atoms with E-state index >= 15 is 0 Å². The predicted octanol–water partition coefficient (Wildman–Crippen LogP) is 3.54. The van der Waals surface area contributed by atoms with Crippen LogP contribution in [0.2, 0.25) is 0 Å². The van der Waals surface area contributed by atoms with Crippen molar-refractivity contribution in [2.45, 2.75) is 52.6 Å². The maximum atomic E-state index is 13.2. The molecule has 4 amide bonds. The largest absolute Gasteiger partial charge is 0.480 e. The average Bonchev–Trinajstić information content (AvgIpc) is 3.24. The zero-order chi connectivity index (χ0) is 28.0. The first-order chi connectivity index (χ1) is 17.8. The number of benzene rings is 2. The van der Waals surface area contributed by atoms with Crippen molar-refractivity contribution in [2.24, 2.45) is 11.8 Å². The molecular weight excluding hydrogens is 492 g/mol. The molecule has 2 aromatic carbocycles. The topological polar surface area (TPSA) is 149 Å². The highest BCUT2D eigenvalue weighted by Crippen LogP contribution is 2.34. The van der Waals surface area contributed by atoms with Crippen LogP contribution in [0.25, 0.3) is 11.1 Å². The highest BCUT2D eigenvalue weighted by atomic mass is 16.4. The van der Waals surface area contributed by atoms with Gasteiger partial charge in [-0.3, -0.25) is 29.0 Å². The van der Waals surface area contributed by atoms with Gasteiger partial charge in [-0.1, -0.05) is 39.8 Å². The summed E-state index contributed by atoms with van der Waals surface area (Å²) in [6.45, 7) is 7.20. The summed E-state index contributed by atoms with van der Waals surface area (Å²) in [5.74, 6) is -5.45. The number of nitrogens with zero attached hydrogens (tertiary/aromatic N) is 2. The third kappa shape index (κ3) is 4.46. The van der Waals surface area contributed by atoms with Gasteiger partial charge >= 0.3 is 11.9 Å². The van der Waals surface area contributed by atoms with E-state index in [-0.39, 0.29) is 46.9 Å². The quantitative estimate of drug-likeness (QED) is 0.477. The van der Waals surface area contributed by atoms with Crippen LogP contribution in [0.1, 0.15) is 82.0 Å². The zero-order valence-corrected chi connectivity index (χ0v) is 21.4. The molecule has 2 aromatic rings. The van der Waals surface area contributed by atoms with Crippen LogP contribution < -0.4 is 0 Å². The van der Waals surface area contributed by atoms with Gasteiger partial charge in [0.1, 0.15) is 12.1 Å². The van der Waals surface area contributed by atoms with Gasteiger partial charge in [0, 0.05) is 0 Å². The summed E-state index contributed by atoms with van der Waals surface area (Å²) in [7, 11) is 0. The monoisotopic (exact) mass is 520 g/mol. The molecule has 0 bridgehead atoms. The van der Waals surface area contributed by atoms with Gasteiger partial charge in [-0.05, 0) is 60.1 Å². The molecule has 0 saturated carbocycles. The zero-order valence-electron chi connectivity index (χ0n) is 21.4. The predicted molar refractivity (Wildman–Crippen MR) is 135 cm³/mol. The molecule has 0 saturated heterocycles. The van der Waals surface area contributed by atoms with Crippen LogP contribution in [0.5, 0.6) is 0 Å². The molecule has 0 radical (unpaired) electrons. The molecule has 2 atom stereocenters. The van der Waals surface area contributed by atoms with Gasteiger partial charge in [-0.15, -0.1) is 0 Å². The van der Waals surface area contributed by atoms with Crippen LogP contribution in [0, 0.1) is 11.8 Å². The van der Waals surface area contributed by atoms with Crippen LogP contribution in [0.15, 0.2) is 36.4 Å². The summed E-state index contributed by atoms with van der Waals surface area (Å²) < 4.78 is 0. The van der Waals surface area contributed by atoms with E-state index in [0.717, 1.165) is 9.80 Å². The van der Waals surface area contributed by atoms with Gasteiger partial charge in [0.25, 0.3) is 23.6 Å². The molecule has 0 fully saturated rings. The number of fused-ring (bicyclic) bond motifs is 2. The molecule has 0 unspecified atom stereocenters. The number of carbonyl (C=O) groups is 6. The highest BCUT2D eigenvalue weighted by Gasteiger charge is 2.44. The fourth-order valence-electron chi connectivity index (χ4n) is 4.97. The fraction of sp³-hybridized carbons (Fsp3) is 0.357. The number of carbonyl (C=O) groups excluding carboxylic acids is 4. The van der Waals surface area contributed by atoms with Crippen molar-refractivity contribution < 1.29 is 39.0 Å². The number of carboxylic acids is 2. The Kier molecular flexibility index (Phi) is 6.92. The van der Waals surface area contributed by atoms with Crippen LogP contribution in [0.4, 0.5) is 0 Å². The van der Waals surface area contributed by atoms with Gasteiger partial charge in [-0.2, -0.15) is 0 Å². The van der Waals surface area contributed by atoms with Gasteiger partial charge in [0.15, 0.2) is 0 Å². The van der Waals surface area contributed by atoms with Crippen molar-refractivity contribution >= 4 is 35.6 Å². The molecular formula is C28H28N2O8. The van der Waals surface area contributed by atoms with E-state index < -0.39 is 47.7 Å². The van der Waals surface area contributed by atoms with Gasteiger partial charge in [-0.25, -0.2) is 9.59 Å². The van der Waals surface area contributed by atoms with Crippen LogP contribution in [-0.4, -0.2) is 67.7 Å². The van der Waals surface area contributed by atoms with Gasteiger partial charge in [0.2, 0.25) is 0 Å². The first-order valence-corrected chi connectivity index (χ1v) is 12.3. The lowest BCUT2D eigenvalue weighted by Crippen LogP contribution is -2.45. The number of carboxylic acid groups (broad SMARTS) is 2. The maximum absolute atomic E-state index is 13.2. The van der Waals surface area contributed by atoms with Crippen molar-refractivity contribution in [2.75, 3.05) is 0 Å². The van der Waals surface area contributed by atoms with E-state index in [2.05, 4.69) is 0 Å². The van der Waals surface area contributed by atoms with Crippen molar-refractivity contribution in [3.8, 4) is 11.1 Å². The second-order valence-electron chi connectivity index (χ2n) is 10.4. The minimum absolute atomic E-state index is 0.0508. The van der Waals surface area contributed by atoms with Crippen LogP contribution in [0.3, 0.4) is 0 Å². The summed E-state index contributed by atoms with van der Waals surface area (Å²) in [4.78, 5) is 77.5. The van der Waals surface area contributed by atoms with E-state index in [4.69, 9.17) is 0 Å². The summed E-state index contributed by atoms with van der Waals surface area (Å²) in [5.41, 5.74) is 1.22. The summed E-state index contributed by atoms with van der Waals surface area (Å²) in [5, 5.41) is 19.3. The maximum Gasteiger partial charge on any atom is 0.326 e. The van der Waals surface area contributed by atoms with Crippen molar-refractivity contribution in [1.29, 1.82) is 0 Å². The smallest absolute Gasteiger partial charge is 0.326 e. The number of hydrogen-bond donors (Lipinski definition) is 2. The first-order valence-electron chi connectivity index (χ1n) is 12.3. The fourth-order valence-corrected chi connectivity index (χ4v) is 4.97. The Labute approximate surface area is 218 Å². The molecule has 4 rings (SSSR count). The molecule has 198 valence electrons. The second-order valence-corrected chi connectivity index (χ2v) is 10.4. The normalized spacial score (nSPS) is 16.4. The summed E-state index contributed by atoms with van der Waals surface area (Å²) in [6, 6.07) is 6.36. The van der Waals surface area contributed by atoms with E-state index in [1.165, 1.54) is 24.3 Å². The lowest BCUT2D eigenvalue weighted by atomic mass is 9.97. The Morgan fingerprint density at radius 1 is 0.605 bits per heavy atom. The molecule has 0 aromatic heterocycles.